The number of nitrogens with zero attached hydrogens (tertiary/aromatic N) is 4. The number of ether oxygens (including phenoxy) is 1. The molecule has 30 heavy (non-hydrogen) atoms. The van der Waals surface area contributed by atoms with E-state index < -0.39 is 0 Å². The first-order valence-corrected chi connectivity index (χ1v) is 11.0. The zero-order valence-electron chi connectivity index (χ0n) is 17.7. The first-order chi connectivity index (χ1) is 14.7. The fourth-order valence-electron chi connectivity index (χ4n) is 4.56. The van der Waals surface area contributed by atoms with Crippen LogP contribution in [0.1, 0.15) is 37.1 Å². The number of aryl methyl sites for hydroxylation is 2. The predicted molar refractivity (Wildman–Crippen MR) is 117 cm³/mol. The van der Waals surface area contributed by atoms with Crippen molar-refractivity contribution in [3.63, 3.8) is 0 Å². The van der Waals surface area contributed by atoms with Gasteiger partial charge in [0.2, 0.25) is 11.7 Å². The summed E-state index contributed by atoms with van der Waals surface area (Å²) in [5.74, 6) is 2.14. The van der Waals surface area contributed by atoms with Crippen LogP contribution in [0.3, 0.4) is 0 Å². The van der Waals surface area contributed by atoms with Gasteiger partial charge in [-0.05, 0) is 50.8 Å². The first kappa shape index (κ1) is 19.5. The van der Waals surface area contributed by atoms with Gasteiger partial charge in [-0.1, -0.05) is 16.8 Å². The summed E-state index contributed by atoms with van der Waals surface area (Å²) in [5.41, 5.74) is 3.16. The van der Waals surface area contributed by atoms with Gasteiger partial charge < -0.3 is 19.5 Å². The van der Waals surface area contributed by atoms with Gasteiger partial charge in [0.15, 0.2) is 0 Å². The Hall–Kier alpha value is -2.51. The van der Waals surface area contributed by atoms with Gasteiger partial charge in [-0.25, -0.2) is 4.98 Å². The fourth-order valence-corrected chi connectivity index (χ4v) is 4.56. The van der Waals surface area contributed by atoms with Crippen LogP contribution in [0.4, 0.5) is 5.82 Å². The lowest BCUT2D eigenvalue weighted by Gasteiger charge is -2.36. The highest BCUT2D eigenvalue weighted by molar-refractivity contribution is 5.88. The van der Waals surface area contributed by atoms with E-state index in [4.69, 9.17) is 14.2 Å². The quantitative estimate of drug-likeness (QED) is 0.707. The van der Waals surface area contributed by atoms with Crippen molar-refractivity contribution < 1.29 is 9.26 Å². The number of aromatic nitrogens is 3. The number of piperidine rings is 1. The zero-order valence-corrected chi connectivity index (χ0v) is 17.7. The number of hydrogen-bond acceptors (Lipinski definition) is 7. The molecule has 0 unspecified atom stereocenters. The average molecular weight is 408 g/mol. The number of benzene rings is 1. The summed E-state index contributed by atoms with van der Waals surface area (Å²) in [6, 6.07) is 9.67. The van der Waals surface area contributed by atoms with E-state index in [0.29, 0.717) is 23.8 Å². The molecular weight excluding hydrogens is 378 g/mol. The van der Waals surface area contributed by atoms with Crippen LogP contribution in [0, 0.1) is 13.8 Å². The van der Waals surface area contributed by atoms with Gasteiger partial charge in [-0.3, -0.25) is 0 Å². The standard InChI is InChI=1S/C23H29N5O2/c1-15-3-4-21-17(13-15)14-20(22-24-16(2)30-27-22)23(26-21)28-9-5-18(6-10-28)25-19-7-11-29-12-8-19/h3-4,13-14,18-19,25H,5-12H2,1-2H3. The molecule has 2 fully saturated rings. The maximum Gasteiger partial charge on any atom is 0.223 e. The molecule has 4 heterocycles. The minimum Gasteiger partial charge on any atom is -0.381 e. The zero-order chi connectivity index (χ0) is 20.5. The molecule has 158 valence electrons. The molecule has 0 saturated carbocycles. The highest BCUT2D eigenvalue weighted by Gasteiger charge is 2.26. The topological polar surface area (TPSA) is 76.3 Å². The van der Waals surface area contributed by atoms with Gasteiger partial charge in [-0.2, -0.15) is 4.98 Å². The minimum atomic E-state index is 0.559. The summed E-state index contributed by atoms with van der Waals surface area (Å²) < 4.78 is 10.8. The highest BCUT2D eigenvalue weighted by atomic mass is 16.5. The maximum atomic E-state index is 5.49. The number of fused-ring (bicyclic) bond motifs is 1. The highest BCUT2D eigenvalue weighted by Crippen LogP contribution is 2.33. The van der Waals surface area contributed by atoms with E-state index in [-0.39, 0.29) is 0 Å². The molecule has 0 aliphatic carbocycles. The van der Waals surface area contributed by atoms with Crippen LogP contribution in [0.15, 0.2) is 28.8 Å². The van der Waals surface area contributed by atoms with Gasteiger partial charge in [0.1, 0.15) is 5.82 Å². The molecule has 3 aromatic rings. The monoisotopic (exact) mass is 407 g/mol. The fraction of sp³-hybridized carbons (Fsp3) is 0.522. The van der Waals surface area contributed by atoms with E-state index >= 15 is 0 Å². The number of nitrogens with one attached hydrogen (secondary N) is 1. The van der Waals surface area contributed by atoms with Crippen molar-refractivity contribution in [2.45, 2.75) is 51.6 Å². The summed E-state index contributed by atoms with van der Waals surface area (Å²) >= 11 is 0. The largest absolute Gasteiger partial charge is 0.381 e. The van der Waals surface area contributed by atoms with Crippen molar-refractivity contribution in [2.75, 3.05) is 31.2 Å². The third kappa shape index (κ3) is 4.04. The van der Waals surface area contributed by atoms with Crippen LogP contribution >= 0.6 is 0 Å². The summed E-state index contributed by atoms with van der Waals surface area (Å²) in [7, 11) is 0. The van der Waals surface area contributed by atoms with E-state index in [1.807, 2.05) is 6.92 Å². The molecule has 0 bridgehead atoms. The Labute approximate surface area is 176 Å². The van der Waals surface area contributed by atoms with E-state index in [0.717, 1.165) is 74.3 Å². The lowest BCUT2D eigenvalue weighted by molar-refractivity contribution is 0.0738. The third-order valence-corrected chi connectivity index (χ3v) is 6.21. The summed E-state index contributed by atoms with van der Waals surface area (Å²) in [6.07, 6.45) is 4.45. The molecule has 2 aromatic heterocycles. The van der Waals surface area contributed by atoms with Crippen molar-refractivity contribution in [2.24, 2.45) is 0 Å². The smallest absolute Gasteiger partial charge is 0.223 e. The third-order valence-electron chi connectivity index (χ3n) is 6.21. The van der Waals surface area contributed by atoms with Crippen LogP contribution in [-0.4, -0.2) is 53.5 Å². The van der Waals surface area contributed by atoms with Crippen LogP contribution in [-0.2, 0) is 4.74 Å². The Kier molecular flexibility index (Phi) is 5.39. The number of pyridine rings is 1. The Balaban J connectivity index is 1.40. The van der Waals surface area contributed by atoms with E-state index in [1.165, 1.54) is 5.56 Å². The molecule has 0 amide bonds. The minimum absolute atomic E-state index is 0.559. The molecular formula is C23H29N5O2. The maximum absolute atomic E-state index is 5.49. The van der Waals surface area contributed by atoms with Crippen molar-refractivity contribution in [1.29, 1.82) is 0 Å². The summed E-state index contributed by atoms with van der Waals surface area (Å²) in [6.45, 7) is 7.61. The van der Waals surface area contributed by atoms with E-state index in [2.05, 4.69) is 51.5 Å². The lowest BCUT2D eigenvalue weighted by Crippen LogP contribution is -2.48. The van der Waals surface area contributed by atoms with Gasteiger partial charge in [-0.15, -0.1) is 0 Å². The van der Waals surface area contributed by atoms with Gasteiger partial charge >= 0.3 is 0 Å². The Morgan fingerprint density at radius 3 is 2.47 bits per heavy atom. The molecule has 0 radical (unpaired) electrons. The van der Waals surface area contributed by atoms with Gasteiger partial charge in [0.25, 0.3) is 0 Å². The van der Waals surface area contributed by atoms with Crippen LogP contribution in [0.2, 0.25) is 0 Å². The number of hydrogen-bond donors (Lipinski definition) is 1. The second-order valence-electron chi connectivity index (χ2n) is 8.51. The first-order valence-electron chi connectivity index (χ1n) is 11.0. The molecule has 1 N–H and O–H groups in total. The second kappa shape index (κ2) is 8.32. The van der Waals surface area contributed by atoms with E-state index in [9.17, 15) is 0 Å². The van der Waals surface area contributed by atoms with Crippen LogP contribution < -0.4 is 10.2 Å². The summed E-state index contributed by atoms with van der Waals surface area (Å²) in [5, 5.41) is 9.14. The predicted octanol–water partition coefficient (Wildman–Crippen LogP) is 3.64. The molecule has 1 aromatic carbocycles. The molecule has 2 aliphatic rings. The molecule has 2 aliphatic heterocycles. The molecule has 5 rings (SSSR count). The normalized spacial score (nSPS) is 18.9. The Bertz CT molecular complexity index is 1020. The molecule has 0 spiro atoms. The summed E-state index contributed by atoms with van der Waals surface area (Å²) in [4.78, 5) is 11.9. The van der Waals surface area contributed by atoms with Crippen molar-refractivity contribution in [1.82, 2.24) is 20.4 Å². The Morgan fingerprint density at radius 2 is 1.73 bits per heavy atom. The van der Waals surface area contributed by atoms with Crippen molar-refractivity contribution in [3.8, 4) is 11.4 Å². The van der Waals surface area contributed by atoms with Crippen molar-refractivity contribution in [3.05, 3.63) is 35.7 Å². The van der Waals surface area contributed by atoms with Gasteiger partial charge in [0, 0.05) is 50.7 Å². The SMILES string of the molecule is Cc1ccc2nc(N3CCC(NC4CCOCC4)CC3)c(-c3noc(C)n3)cc2c1. The molecule has 0 atom stereocenters. The second-order valence-corrected chi connectivity index (χ2v) is 8.51. The molecule has 7 heteroatoms. The average Bonchev–Trinajstić information content (AvgIpc) is 3.20. The van der Waals surface area contributed by atoms with Crippen LogP contribution in [0.5, 0.6) is 0 Å². The molecule has 7 nitrogen and oxygen atoms in total. The Morgan fingerprint density at radius 1 is 0.967 bits per heavy atom. The molecule has 2 saturated heterocycles. The van der Waals surface area contributed by atoms with Crippen LogP contribution in [0.25, 0.3) is 22.3 Å². The lowest BCUT2D eigenvalue weighted by atomic mass is 10.0. The van der Waals surface area contributed by atoms with Crippen molar-refractivity contribution >= 4 is 16.7 Å². The van der Waals surface area contributed by atoms with E-state index in [1.54, 1.807) is 0 Å². The van der Waals surface area contributed by atoms with Gasteiger partial charge in [0.05, 0.1) is 11.1 Å². The number of anilines is 1. The number of rotatable bonds is 4.